The van der Waals surface area contributed by atoms with Gasteiger partial charge in [0.1, 0.15) is 5.01 Å². The van der Waals surface area contributed by atoms with Crippen LogP contribution < -0.4 is 15.5 Å². The second-order valence-electron chi connectivity index (χ2n) is 8.37. The molecular weight excluding hydrogens is 438 g/mol. The molecule has 0 bridgehead atoms. The number of aromatic nitrogens is 2. The van der Waals surface area contributed by atoms with Crippen LogP contribution in [-0.2, 0) is 9.59 Å². The molecule has 33 heavy (non-hydrogen) atoms. The lowest BCUT2D eigenvalue weighted by atomic mass is 10.1. The van der Waals surface area contributed by atoms with Gasteiger partial charge in [0.05, 0.1) is 0 Å². The average molecular weight is 464 g/mol. The minimum Gasteiger partial charge on any atom is -0.326 e. The Kier molecular flexibility index (Phi) is 6.50. The largest absolute Gasteiger partial charge is 0.326 e. The van der Waals surface area contributed by atoms with Crippen LogP contribution in [0.4, 0.5) is 16.5 Å². The number of amides is 3. The first-order valence-electron chi connectivity index (χ1n) is 10.7. The number of nitrogens with zero attached hydrogens (tertiary/aromatic N) is 3. The fraction of sp³-hybridized carbons (Fsp3) is 0.292. The third kappa shape index (κ3) is 5.25. The maximum Gasteiger partial charge on any atom is 0.257 e. The van der Waals surface area contributed by atoms with Crippen LogP contribution >= 0.6 is 11.3 Å². The number of aryl methyl sites for hydroxylation is 1. The summed E-state index contributed by atoms with van der Waals surface area (Å²) in [6, 6.07) is 14.5. The molecule has 170 valence electrons. The average Bonchev–Trinajstić information content (AvgIpc) is 3.40. The second kappa shape index (κ2) is 9.50. The molecule has 9 heteroatoms. The summed E-state index contributed by atoms with van der Waals surface area (Å²) < 4.78 is 0. The van der Waals surface area contributed by atoms with Gasteiger partial charge < -0.3 is 10.2 Å². The molecule has 1 aliphatic heterocycles. The van der Waals surface area contributed by atoms with Gasteiger partial charge in [-0.2, -0.15) is 0 Å². The maximum absolute atomic E-state index is 12.6. The molecule has 2 aromatic carbocycles. The first-order chi connectivity index (χ1) is 15.8. The van der Waals surface area contributed by atoms with E-state index < -0.39 is 0 Å². The number of anilines is 3. The summed E-state index contributed by atoms with van der Waals surface area (Å²) in [5, 5.41) is 15.0. The van der Waals surface area contributed by atoms with E-state index in [-0.39, 0.29) is 29.6 Å². The van der Waals surface area contributed by atoms with Crippen LogP contribution in [0.15, 0.2) is 48.5 Å². The Morgan fingerprint density at radius 3 is 2.55 bits per heavy atom. The number of nitrogens with one attached hydrogen (secondary N) is 2. The molecule has 0 radical (unpaired) electrons. The lowest BCUT2D eigenvalue weighted by molar-refractivity contribution is -0.119. The number of benzene rings is 2. The van der Waals surface area contributed by atoms with Crippen molar-refractivity contribution in [2.24, 2.45) is 5.92 Å². The highest BCUT2D eigenvalue weighted by molar-refractivity contribution is 7.15. The fourth-order valence-corrected chi connectivity index (χ4v) is 4.36. The maximum atomic E-state index is 12.6. The molecule has 1 aromatic heterocycles. The van der Waals surface area contributed by atoms with Crippen molar-refractivity contribution in [3.63, 3.8) is 0 Å². The van der Waals surface area contributed by atoms with Crippen LogP contribution in [0.1, 0.15) is 47.1 Å². The Bertz CT molecular complexity index is 1190. The molecular formula is C24H25N5O3S. The van der Waals surface area contributed by atoms with E-state index in [4.69, 9.17) is 0 Å². The summed E-state index contributed by atoms with van der Waals surface area (Å²) >= 11 is 1.28. The zero-order chi connectivity index (χ0) is 23.5. The Hall–Kier alpha value is -3.59. The molecule has 2 N–H and O–H groups in total. The number of rotatable bonds is 6. The van der Waals surface area contributed by atoms with Crippen molar-refractivity contribution in [3.05, 3.63) is 64.7 Å². The van der Waals surface area contributed by atoms with E-state index in [0.29, 0.717) is 29.3 Å². The molecule has 1 unspecified atom stereocenters. The van der Waals surface area contributed by atoms with Crippen LogP contribution in [0.25, 0.3) is 0 Å². The number of carbonyl (C=O) groups excluding carboxylic acids is 3. The molecule has 1 saturated heterocycles. The fourth-order valence-electron chi connectivity index (χ4n) is 3.53. The molecule has 4 rings (SSSR count). The van der Waals surface area contributed by atoms with Gasteiger partial charge in [0.25, 0.3) is 5.91 Å². The van der Waals surface area contributed by atoms with E-state index in [0.717, 1.165) is 16.3 Å². The van der Waals surface area contributed by atoms with Gasteiger partial charge in [-0.3, -0.25) is 19.7 Å². The monoisotopic (exact) mass is 463 g/mol. The van der Waals surface area contributed by atoms with E-state index in [9.17, 15) is 14.4 Å². The van der Waals surface area contributed by atoms with E-state index in [1.807, 2.05) is 45.0 Å². The highest BCUT2D eigenvalue weighted by Gasteiger charge is 2.34. The molecule has 1 atom stereocenters. The van der Waals surface area contributed by atoms with Crippen LogP contribution in [0.3, 0.4) is 0 Å². The first-order valence-corrected chi connectivity index (χ1v) is 11.5. The highest BCUT2D eigenvalue weighted by atomic mass is 32.1. The second-order valence-corrected chi connectivity index (χ2v) is 9.37. The van der Waals surface area contributed by atoms with Crippen LogP contribution in [0.2, 0.25) is 0 Å². The van der Waals surface area contributed by atoms with Gasteiger partial charge >= 0.3 is 0 Å². The molecule has 0 saturated carbocycles. The van der Waals surface area contributed by atoms with Crippen molar-refractivity contribution in [3.8, 4) is 0 Å². The summed E-state index contributed by atoms with van der Waals surface area (Å²) in [5.41, 5.74) is 3.05. The zero-order valence-corrected chi connectivity index (χ0v) is 19.5. The van der Waals surface area contributed by atoms with Crippen molar-refractivity contribution < 1.29 is 14.4 Å². The van der Waals surface area contributed by atoms with Gasteiger partial charge in [0.15, 0.2) is 0 Å². The third-order valence-corrected chi connectivity index (χ3v) is 6.39. The standard InChI is InChI=1S/C24H25N5O3S/c1-14(2)21(31)25-18-9-7-16(8-10-18)22(32)26-24-28-27-23(33-24)17-12-20(30)29(13-17)19-6-4-5-15(3)11-19/h4-11,14,17H,12-13H2,1-3H3,(H,25,31)(H,26,28,32). The van der Waals surface area contributed by atoms with E-state index in [2.05, 4.69) is 20.8 Å². The van der Waals surface area contributed by atoms with Crippen LogP contribution in [-0.4, -0.2) is 34.5 Å². The summed E-state index contributed by atoms with van der Waals surface area (Å²) in [4.78, 5) is 38.7. The molecule has 3 amide bonds. The van der Waals surface area contributed by atoms with Crippen molar-refractivity contribution in [1.29, 1.82) is 0 Å². The van der Waals surface area contributed by atoms with Gasteiger partial charge in [0, 0.05) is 41.7 Å². The molecule has 0 spiro atoms. The Balaban J connectivity index is 1.38. The molecule has 0 aliphatic carbocycles. The van der Waals surface area contributed by atoms with Crippen LogP contribution in [0, 0.1) is 12.8 Å². The van der Waals surface area contributed by atoms with Crippen molar-refractivity contribution in [2.45, 2.75) is 33.1 Å². The first kappa shape index (κ1) is 22.6. The summed E-state index contributed by atoms with van der Waals surface area (Å²) in [6.07, 6.45) is 0.361. The molecule has 1 fully saturated rings. The Labute approximate surface area is 196 Å². The topological polar surface area (TPSA) is 104 Å². The highest BCUT2D eigenvalue weighted by Crippen LogP contribution is 2.34. The summed E-state index contributed by atoms with van der Waals surface area (Å²) in [5.74, 6) is -0.539. The Morgan fingerprint density at radius 1 is 1.09 bits per heavy atom. The quantitative estimate of drug-likeness (QED) is 0.570. The molecule has 3 aromatic rings. The van der Waals surface area contributed by atoms with Gasteiger partial charge in [-0.15, -0.1) is 10.2 Å². The predicted molar refractivity (Wildman–Crippen MR) is 129 cm³/mol. The van der Waals surface area contributed by atoms with E-state index >= 15 is 0 Å². The Morgan fingerprint density at radius 2 is 1.85 bits per heavy atom. The SMILES string of the molecule is Cc1cccc(N2CC(c3nnc(NC(=O)c4ccc(NC(=O)C(C)C)cc4)s3)CC2=O)c1. The van der Waals surface area contributed by atoms with Crippen LogP contribution in [0.5, 0.6) is 0 Å². The summed E-state index contributed by atoms with van der Waals surface area (Å²) in [6.45, 7) is 6.16. The zero-order valence-electron chi connectivity index (χ0n) is 18.7. The molecule has 2 heterocycles. The lowest BCUT2D eigenvalue weighted by Gasteiger charge is -2.16. The van der Waals surface area contributed by atoms with E-state index in [1.165, 1.54) is 11.3 Å². The van der Waals surface area contributed by atoms with Gasteiger partial charge in [-0.25, -0.2) is 0 Å². The van der Waals surface area contributed by atoms with Gasteiger partial charge in [0.2, 0.25) is 16.9 Å². The van der Waals surface area contributed by atoms with Gasteiger partial charge in [-0.05, 0) is 48.9 Å². The van der Waals surface area contributed by atoms with Crippen molar-refractivity contribution in [2.75, 3.05) is 22.1 Å². The number of hydrogen-bond acceptors (Lipinski definition) is 6. The third-order valence-electron chi connectivity index (χ3n) is 5.39. The smallest absolute Gasteiger partial charge is 0.257 e. The minimum absolute atomic E-state index is 0.0519. The predicted octanol–water partition coefficient (Wildman–Crippen LogP) is 4.21. The minimum atomic E-state index is -0.316. The van der Waals surface area contributed by atoms with E-state index in [1.54, 1.807) is 29.2 Å². The van der Waals surface area contributed by atoms with Gasteiger partial charge in [-0.1, -0.05) is 37.3 Å². The number of hydrogen-bond donors (Lipinski definition) is 2. The van der Waals surface area contributed by atoms with Crippen molar-refractivity contribution >= 4 is 45.6 Å². The molecule has 8 nitrogen and oxygen atoms in total. The normalized spacial score (nSPS) is 15.7. The van der Waals surface area contributed by atoms with Crippen molar-refractivity contribution in [1.82, 2.24) is 10.2 Å². The molecule has 1 aliphatic rings. The summed E-state index contributed by atoms with van der Waals surface area (Å²) in [7, 11) is 0. The lowest BCUT2D eigenvalue weighted by Crippen LogP contribution is -2.24. The number of carbonyl (C=O) groups is 3.